The number of alkyl halides is 3. The maximum absolute atomic E-state index is 12.6. The van der Waals surface area contributed by atoms with E-state index in [-0.39, 0.29) is 18.4 Å². The molecule has 3 rings (SSSR count). The molecule has 24 heavy (non-hydrogen) atoms. The average molecular weight is 343 g/mol. The van der Waals surface area contributed by atoms with Crippen molar-refractivity contribution >= 4 is 0 Å². The fourth-order valence-corrected chi connectivity index (χ4v) is 3.12. The van der Waals surface area contributed by atoms with Gasteiger partial charge in [0.1, 0.15) is 18.1 Å². The summed E-state index contributed by atoms with van der Waals surface area (Å²) in [5, 5.41) is 10.6. The zero-order valence-corrected chi connectivity index (χ0v) is 13.6. The number of aryl methyl sites for hydroxylation is 1. The van der Waals surface area contributed by atoms with Crippen molar-refractivity contribution in [1.82, 2.24) is 25.1 Å². The second kappa shape index (κ2) is 6.54. The maximum Gasteiger partial charge on any atom is 0.408 e. The van der Waals surface area contributed by atoms with Crippen LogP contribution in [0, 0.1) is 12.8 Å². The van der Waals surface area contributed by atoms with E-state index in [1.807, 2.05) is 19.1 Å². The Morgan fingerprint density at radius 2 is 2.12 bits per heavy atom. The summed E-state index contributed by atoms with van der Waals surface area (Å²) in [6.07, 6.45) is -2.47. The number of nitrogens with zero attached hydrogens (tertiary/aromatic N) is 5. The lowest BCUT2D eigenvalue weighted by molar-refractivity contribution is -0.143. The van der Waals surface area contributed by atoms with Gasteiger partial charge in [0.2, 0.25) is 0 Å². The number of hydrogen-bond donors (Lipinski definition) is 0. The molecular formula is C15H20F3N5O. The van der Waals surface area contributed by atoms with Gasteiger partial charge in [-0.3, -0.25) is 4.90 Å². The van der Waals surface area contributed by atoms with E-state index in [2.05, 4.69) is 27.3 Å². The fraction of sp³-hybridized carbons (Fsp3) is 0.667. The van der Waals surface area contributed by atoms with Crippen LogP contribution < -0.4 is 0 Å². The number of likely N-dealkylation sites (tertiary alicyclic amines) is 1. The van der Waals surface area contributed by atoms with Gasteiger partial charge in [0.25, 0.3) is 0 Å². The molecule has 3 heterocycles. The van der Waals surface area contributed by atoms with Gasteiger partial charge >= 0.3 is 6.18 Å². The molecule has 6 nitrogen and oxygen atoms in total. The molecule has 1 fully saturated rings. The molecule has 132 valence electrons. The zero-order chi connectivity index (χ0) is 17.3. The summed E-state index contributed by atoms with van der Waals surface area (Å²) in [6, 6.07) is 3.86. The van der Waals surface area contributed by atoms with Crippen molar-refractivity contribution in [2.45, 2.75) is 52.0 Å². The van der Waals surface area contributed by atoms with Crippen molar-refractivity contribution < 1.29 is 17.6 Å². The van der Waals surface area contributed by atoms with Crippen molar-refractivity contribution in [2.75, 3.05) is 6.54 Å². The van der Waals surface area contributed by atoms with Crippen LogP contribution in [0.15, 0.2) is 16.5 Å². The predicted molar refractivity (Wildman–Crippen MR) is 78.9 cm³/mol. The maximum atomic E-state index is 12.6. The van der Waals surface area contributed by atoms with Crippen LogP contribution in [0.3, 0.4) is 0 Å². The minimum Gasteiger partial charge on any atom is -0.465 e. The lowest BCUT2D eigenvalue weighted by Gasteiger charge is -2.37. The minimum atomic E-state index is -4.35. The van der Waals surface area contributed by atoms with Gasteiger partial charge in [-0.2, -0.15) is 13.2 Å². The summed E-state index contributed by atoms with van der Waals surface area (Å²) in [5.74, 6) is 2.41. The van der Waals surface area contributed by atoms with Crippen molar-refractivity contribution in [3.63, 3.8) is 0 Å². The Labute approximate surface area is 137 Å². The summed E-state index contributed by atoms with van der Waals surface area (Å²) in [5.41, 5.74) is 0. The Hall–Kier alpha value is -1.90. The molecule has 1 aliphatic heterocycles. The van der Waals surface area contributed by atoms with Gasteiger partial charge in [-0.05, 0) is 54.8 Å². The SMILES string of the molecule is Cc1ccc(C2CC(C)CCN2Cc2nnnn2CC(F)(F)F)o1. The lowest BCUT2D eigenvalue weighted by Crippen LogP contribution is -2.36. The average Bonchev–Trinajstić information content (AvgIpc) is 3.09. The van der Waals surface area contributed by atoms with E-state index in [9.17, 15) is 13.2 Å². The molecule has 0 spiro atoms. The smallest absolute Gasteiger partial charge is 0.408 e. The third-order valence-corrected chi connectivity index (χ3v) is 4.34. The number of rotatable bonds is 4. The largest absolute Gasteiger partial charge is 0.465 e. The Kier molecular flexibility index (Phi) is 4.62. The zero-order valence-electron chi connectivity index (χ0n) is 13.6. The minimum absolute atomic E-state index is 0.0264. The predicted octanol–water partition coefficient (Wildman–Crippen LogP) is 3.11. The van der Waals surface area contributed by atoms with Gasteiger partial charge in [-0.15, -0.1) is 5.10 Å². The molecule has 2 aromatic rings. The van der Waals surface area contributed by atoms with E-state index in [4.69, 9.17) is 4.42 Å². The van der Waals surface area contributed by atoms with Crippen LogP contribution in [0.25, 0.3) is 0 Å². The topological polar surface area (TPSA) is 60.0 Å². The van der Waals surface area contributed by atoms with Crippen LogP contribution in [0.1, 0.15) is 43.2 Å². The molecule has 0 aliphatic carbocycles. The Bertz CT molecular complexity index is 681. The first-order chi connectivity index (χ1) is 11.3. The standard InChI is InChI=1S/C15H20F3N5O/c1-10-5-6-22(12(7-10)13-4-3-11(2)24-13)8-14-19-20-21-23(14)9-15(16,17)18/h3-4,10,12H,5-9H2,1-2H3. The van der Waals surface area contributed by atoms with E-state index in [0.717, 1.165) is 35.6 Å². The number of tetrazole rings is 1. The Balaban J connectivity index is 1.79. The monoisotopic (exact) mass is 343 g/mol. The van der Waals surface area contributed by atoms with Crippen molar-refractivity contribution in [3.05, 3.63) is 29.5 Å². The summed E-state index contributed by atoms with van der Waals surface area (Å²) in [7, 11) is 0. The van der Waals surface area contributed by atoms with Crippen molar-refractivity contribution in [1.29, 1.82) is 0 Å². The molecule has 1 aliphatic rings. The van der Waals surface area contributed by atoms with E-state index in [1.165, 1.54) is 0 Å². The molecule has 0 aromatic carbocycles. The van der Waals surface area contributed by atoms with Gasteiger partial charge in [0.15, 0.2) is 5.82 Å². The molecule has 2 aromatic heterocycles. The molecular weight excluding hydrogens is 323 g/mol. The first-order valence-electron chi connectivity index (χ1n) is 7.94. The molecule has 2 unspecified atom stereocenters. The van der Waals surface area contributed by atoms with E-state index in [1.54, 1.807) is 0 Å². The van der Waals surface area contributed by atoms with E-state index in [0.29, 0.717) is 5.92 Å². The van der Waals surface area contributed by atoms with Gasteiger partial charge in [-0.25, -0.2) is 4.68 Å². The van der Waals surface area contributed by atoms with Crippen LogP contribution in [0.5, 0.6) is 0 Å². The van der Waals surface area contributed by atoms with Crippen molar-refractivity contribution in [2.24, 2.45) is 5.92 Å². The van der Waals surface area contributed by atoms with Crippen LogP contribution in [0.2, 0.25) is 0 Å². The van der Waals surface area contributed by atoms with E-state index >= 15 is 0 Å². The van der Waals surface area contributed by atoms with Crippen LogP contribution in [-0.2, 0) is 13.1 Å². The molecule has 0 saturated carbocycles. The Morgan fingerprint density at radius 1 is 1.33 bits per heavy atom. The summed E-state index contributed by atoms with van der Waals surface area (Å²) in [6.45, 7) is 3.91. The third-order valence-electron chi connectivity index (χ3n) is 4.34. The summed E-state index contributed by atoms with van der Waals surface area (Å²) >= 11 is 0. The lowest BCUT2D eigenvalue weighted by atomic mass is 9.91. The van der Waals surface area contributed by atoms with Gasteiger partial charge < -0.3 is 4.42 Å². The number of hydrogen-bond acceptors (Lipinski definition) is 5. The highest BCUT2D eigenvalue weighted by Crippen LogP contribution is 2.35. The van der Waals surface area contributed by atoms with Crippen LogP contribution in [-0.4, -0.2) is 37.8 Å². The fourth-order valence-electron chi connectivity index (χ4n) is 3.12. The molecule has 2 atom stereocenters. The second-order valence-electron chi connectivity index (χ2n) is 6.43. The third kappa shape index (κ3) is 3.95. The number of aromatic nitrogens is 4. The number of piperidine rings is 1. The number of furan rings is 1. The highest BCUT2D eigenvalue weighted by Gasteiger charge is 2.33. The van der Waals surface area contributed by atoms with Gasteiger partial charge in [0, 0.05) is 0 Å². The van der Waals surface area contributed by atoms with Gasteiger partial charge in [-0.1, -0.05) is 6.92 Å². The molecule has 0 N–H and O–H groups in total. The first-order valence-corrected chi connectivity index (χ1v) is 7.94. The second-order valence-corrected chi connectivity index (χ2v) is 6.43. The first kappa shape index (κ1) is 16.9. The van der Waals surface area contributed by atoms with Crippen LogP contribution >= 0.6 is 0 Å². The van der Waals surface area contributed by atoms with Crippen LogP contribution in [0.4, 0.5) is 13.2 Å². The molecule has 9 heteroatoms. The molecule has 0 radical (unpaired) electrons. The Morgan fingerprint density at radius 3 is 2.79 bits per heavy atom. The van der Waals surface area contributed by atoms with E-state index < -0.39 is 12.7 Å². The normalized spacial score (nSPS) is 22.9. The molecule has 0 bridgehead atoms. The molecule has 0 amide bonds. The quantitative estimate of drug-likeness (QED) is 0.854. The van der Waals surface area contributed by atoms with Crippen molar-refractivity contribution in [3.8, 4) is 0 Å². The highest BCUT2D eigenvalue weighted by atomic mass is 19.4. The summed E-state index contributed by atoms with van der Waals surface area (Å²) < 4.78 is 44.5. The molecule has 1 saturated heterocycles. The summed E-state index contributed by atoms with van der Waals surface area (Å²) in [4.78, 5) is 2.09. The van der Waals surface area contributed by atoms with Gasteiger partial charge in [0.05, 0.1) is 12.6 Å². The highest BCUT2D eigenvalue weighted by molar-refractivity contribution is 5.11. The number of halogens is 3.